The molecule has 0 saturated carbocycles. The molecule has 1 amide bonds. The zero-order chi connectivity index (χ0) is 23.9. The Bertz CT molecular complexity index is 1180. The molecule has 0 fully saturated rings. The highest BCUT2D eigenvalue weighted by atomic mass is 19.4. The summed E-state index contributed by atoms with van der Waals surface area (Å²) >= 11 is 0. The van der Waals surface area contributed by atoms with E-state index in [9.17, 15) is 18.0 Å². The van der Waals surface area contributed by atoms with E-state index in [1.165, 1.54) is 12.3 Å². The quantitative estimate of drug-likeness (QED) is 0.626. The first-order chi connectivity index (χ1) is 15.5. The fourth-order valence-electron chi connectivity index (χ4n) is 3.65. The number of nitrogens with one attached hydrogen (secondary N) is 1. The maximum absolute atomic E-state index is 12.7. The van der Waals surface area contributed by atoms with Crippen LogP contribution in [0.25, 0.3) is 0 Å². The monoisotopic (exact) mass is 460 g/mol. The average Bonchev–Trinajstić information content (AvgIpc) is 3.21. The van der Waals surface area contributed by atoms with E-state index >= 15 is 0 Å². The lowest BCUT2D eigenvalue weighted by Crippen LogP contribution is -2.49. The summed E-state index contributed by atoms with van der Waals surface area (Å²) in [6, 6.07) is 2.01. The van der Waals surface area contributed by atoms with E-state index in [-0.39, 0.29) is 11.9 Å². The fraction of sp³-hybridized carbons (Fsp3) is 0.381. The second kappa shape index (κ2) is 8.34. The number of carbonyl (C=O) groups is 1. The Kier molecular flexibility index (Phi) is 5.68. The number of aromatic nitrogens is 5. The van der Waals surface area contributed by atoms with Crippen molar-refractivity contribution in [2.45, 2.75) is 39.2 Å². The molecule has 4 heterocycles. The third kappa shape index (κ3) is 4.45. The van der Waals surface area contributed by atoms with Gasteiger partial charge in [-0.2, -0.15) is 23.3 Å². The van der Waals surface area contributed by atoms with Gasteiger partial charge in [0.1, 0.15) is 17.4 Å². The summed E-state index contributed by atoms with van der Waals surface area (Å²) in [6.07, 6.45) is 0.191. The number of rotatable bonds is 5. The zero-order valence-electron chi connectivity index (χ0n) is 18.6. The first kappa shape index (κ1) is 22.5. The minimum atomic E-state index is -4.46. The van der Waals surface area contributed by atoms with Gasteiger partial charge in [-0.25, -0.2) is 4.98 Å². The van der Waals surface area contributed by atoms with Crippen LogP contribution in [0.3, 0.4) is 0 Å². The molecule has 12 heteroatoms. The molecule has 33 heavy (non-hydrogen) atoms. The van der Waals surface area contributed by atoms with Crippen LogP contribution < -0.4 is 15.1 Å². The van der Waals surface area contributed by atoms with Crippen molar-refractivity contribution in [3.63, 3.8) is 0 Å². The van der Waals surface area contributed by atoms with Gasteiger partial charge in [0.15, 0.2) is 5.82 Å². The molecule has 0 aliphatic carbocycles. The molecule has 0 bridgehead atoms. The van der Waals surface area contributed by atoms with E-state index < -0.39 is 11.9 Å². The maximum Gasteiger partial charge on any atom is 0.433 e. The molecule has 4 rings (SSSR count). The van der Waals surface area contributed by atoms with Crippen molar-refractivity contribution in [1.29, 1.82) is 0 Å². The van der Waals surface area contributed by atoms with Crippen LogP contribution in [-0.2, 0) is 24.1 Å². The van der Waals surface area contributed by atoms with Crippen LogP contribution in [0.4, 0.5) is 30.6 Å². The fourth-order valence-corrected chi connectivity index (χ4v) is 3.65. The summed E-state index contributed by atoms with van der Waals surface area (Å²) in [5.74, 6) is 1.07. The van der Waals surface area contributed by atoms with Crippen molar-refractivity contribution in [2.24, 2.45) is 0 Å². The summed E-state index contributed by atoms with van der Waals surface area (Å²) < 4.78 is 39.6. The third-order valence-electron chi connectivity index (χ3n) is 5.58. The van der Waals surface area contributed by atoms with Gasteiger partial charge in [0.05, 0.1) is 18.4 Å². The molecule has 1 aliphatic rings. The second-order valence-corrected chi connectivity index (χ2v) is 7.94. The Labute approximate surface area is 188 Å². The summed E-state index contributed by atoms with van der Waals surface area (Å²) in [5, 5.41) is 7.43. The first-order valence-electron chi connectivity index (χ1n) is 10.2. The predicted molar refractivity (Wildman–Crippen MR) is 116 cm³/mol. The molecule has 174 valence electrons. The van der Waals surface area contributed by atoms with Crippen molar-refractivity contribution < 1.29 is 18.0 Å². The molecule has 1 unspecified atom stereocenters. The van der Waals surface area contributed by atoms with Crippen LogP contribution in [0, 0.1) is 6.92 Å². The van der Waals surface area contributed by atoms with Crippen LogP contribution >= 0.6 is 0 Å². The number of likely N-dealkylation sites (N-methyl/N-ethyl adjacent to an activating group) is 2. The summed E-state index contributed by atoms with van der Waals surface area (Å²) in [7, 11) is 3.54. The van der Waals surface area contributed by atoms with Crippen molar-refractivity contribution >= 4 is 23.4 Å². The number of amides is 1. The number of pyridine rings is 1. The number of hydrogen-bond donors (Lipinski definition) is 1. The Morgan fingerprint density at radius 2 is 1.88 bits per heavy atom. The molecule has 3 aromatic heterocycles. The van der Waals surface area contributed by atoms with Crippen molar-refractivity contribution in [1.82, 2.24) is 24.7 Å². The van der Waals surface area contributed by atoms with Gasteiger partial charge in [0, 0.05) is 38.6 Å². The minimum absolute atomic E-state index is 0.0203. The van der Waals surface area contributed by atoms with E-state index in [0.717, 1.165) is 11.6 Å². The highest BCUT2D eigenvalue weighted by Crippen LogP contribution is 2.35. The normalized spacial score (nSPS) is 16.2. The number of nitrogens with zero attached hydrogens (tertiary/aromatic N) is 7. The van der Waals surface area contributed by atoms with E-state index in [1.54, 1.807) is 29.0 Å². The van der Waals surface area contributed by atoms with Gasteiger partial charge in [0.2, 0.25) is 11.9 Å². The zero-order valence-corrected chi connectivity index (χ0v) is 18.6. The number of anilines is 3. The first-order valence-corrected chi connectivity index (χ1v) is 10.2. The Balaban J connectivity index is 1.44. The van der Waals surface area contributed by atoms with E-state index in [4.69, 9.17) is 0 Å². The molecule has 0 spiro atoms. The van der Waals surface area contributed by atoms with Crippen LogP contribution in [0.2, 0.25) is 0 Å². The van der Waals surface area contributed by atoms with E-state index in [2.05, 4.69) is 25.4 Å². The lowest BCUT2D eigenvalue weighted by atomic mass is 10.1. The number of hydrogen-bond acceptors (Lipinski definition) is 7. The summed E-state index contributed by atoms with van der Waals surface area (Å²) in [5.41, 5.74) is 1.90. The number of halogens is 3. The smallest absolute Gasteiger partial charge is 0.350 e. The van der Waals surface area contributed by atoms with Gasteiger partial charge in [-0.3, -0.25) is 14.5 Å². The summed E-state index contributed by atoms with van der Waals surface area (Å²) in [6.45, 7) is 4.35. The highest BCUT2D eigenvalue weighted by molar-refractivity contribution is 6.04. The highest BCUT2D eigenvalue weighted by Gasteiger charge is 2.34. The predicted octanol–water partition coefficient (Wildman–Crippen LogP) is 2.86. The number of fused-ring (bicyclic) bond motifs is 1. The molecule has 0 radical (unpaired) electrons. The minimum Gasteiger partial charge on any atom is -0.350 e. The van der Waals surface area contributed by atoms with Gasteiger partial charge in [-0.05, 0) is 25.5 Å². The Hall–Kier alpha value is -3.70. The average molecular weight is 460 g/mol. The molecule has 9 nitrogen and oxygen atoms in total. The third-order valence-corrected chi connectivity index (χ3v) is 5.58. The summed E-state index contributed by atoms with van der Waals surface area (Å²) in [4.78, 5) is 28.3. The Morgan fingerprint density at radius 3 is 2.55 bits per heavy atom. The molecule has 0 aromatic carbocycles. The van der Waals surface area contributed by atoms with Crippen LogP contribution in [-0.4, -0.2) is 50.8 Å². The number of carbonyl (C=O) groups excluding carboxylic acids is 1. The lowest BCUT2D eigenvalue weighted by molar-refractivity contribution is -0.141. The van der Waals surface area contributed by atoms with Crippen molar-refractivity contribution in [3.05, 3.63) is 53.2 Å². The molecular formula is C21H23F3N8O. The molecule has 1 aliphatic heterocycles. The lowest BCUT2D eigenvalue weighted by Gasteiger charge is -2.37. The maximum atomic E-state index is 12.7. The standard InChI is InChI=1S/C21H23F3N8O/c1-12-17-18(30(3)13(2)19(33)31(17)4)29-20(28-12)26-8-15-9-27-32(11-15)10-14-5-6-16(25-7-14)21(22,23)24/h5-7,9,11,13H,8,10H2,1-4H3,(H,26,28,29). The topological polar surface area (TPSA) is 92.1 Å². The van der Waals surface area contributed by atoms with E-state index in [1.807, 2.05) is 25.8 Å². The van der Waals surface area contributed by atoms with Crippen molar-refractivity contribution in [3.8, 4) is 0 Å². The SMILES string of the molecule is Cc1nc(NCc2cnn(Cc3ccc(C(F)(F)F)nc3)c2)nc2c1N(C)C(=O)C(C)N2C. The van der Waals surface area contributed by atoms with Crippen LogP contribution in [0.1, 0.15) is 29.4 Å². The Morgan fingerprint density at radius 1 is 1.12 bits per heavy atom. The largest absolute Gasteiger partial charge is 0.433 e. The molecule has 3 aromatic rings. The number of alkyl halides is 3. The van der Waals surface area contributed by atoms with Crippen LogP contribution in [0.15, 0.2) is 30.7 Å². The second-order valence-electron chi connectivity index (χ2n) is 7.94. The number of aryl methyl sites for hydroxylation is 1. The van der Waals surface area contributed by atoms with Crippen LogP contribution in [0.5, 0.6) is 0 Å². The van der Waals surface area contributed by atoms with Gasteiger partial charge < -0.3 is 15.1 Å². The molecule has 1 atom stereocenters. The molecule has 0 saturated heterocycles. The van der Waals surface area contributed by atoms with Gasteiger partial charge in [0.25, 0.3) is 0 Å². The van der Waals surface area contributed by atoms with Gasteiger partial charge in [-0.1, -0.05) is 6.07 Å². The molecule has 1 N–H and O–H groups in total. The van der Waals surface area contributed by atoms with Gasteiger partial charge in [-0.15, -0.1) is 0 Å². The van der Waals surface area contributed by atoms with E-state index in [0.29, 0.717) is 41.8 Å². The van der Waals surface area contributed by atoms with Gasteiger partial charge >= 0.3 is 6.18 Å². The van der Waals surface area contributed by atoms with Crippen molar-refractivity contribution in [2.75, 3.05) is 29.2 Å². The molecular weight excluding hydrogens is 437 g/mol.